The third-order valence-electron chi connectivity index (χ3n) is 5.68. The van der Waals surface area contributed by atoms with E-state index in [1.165, 1.54) is 50.3 Å². The van der Waals surface area contributed by atoms with Gasteiger partial charge in [-0.1, -0.05) is 56.4 Å². The maximum absolute atomic E-state index is 13.2. The molecule has 27 heavy (non-hydrogen) atoms. The van der Waals surface area contributed by atoms with Gasteiger partial charge in [-0.15, -0.1) is 21.5 Å². The number of rotatable bonds is 6. The monoisotopic (exact) mass is 405 g/mol. The van der Waals surface area contributed by atoms with Crippen LogP contribution < -0.4 is 0 Å². The normalized spacial score (nSPS) is 19.3. The van der Waals surface area contributed by atoms with Crippen molar-refractivity contribution in [2.75, 3.05) is 5.75 Å². The van der Waals surface area contributed by atoms with E-state index in [9.17, 15) is 4.79 Å². The average Bonchev–Trinajstić information content (AvgIpc) is 3.40. The van der Waals surface area contributed by atoms with Gasteiger partial charge >= 0.3 is 0 Å². The summed E-state index contributed by atoms with van der Waals surface area (Å²) in [5.41, 5.74) is 0. The van der Waals surface area contributed by atoms with Gasteiger partial charge in [-0.3, -0.25) is 4.79 Å². The molecule has 2 fully saturated rings. The van der Waals surface area contributed by atoms with Crippen molar-refractivity contribution >= 4 is 29.0 Å². The molecule has 2 aliphatic carbocycles. The minimum Gasteiger partial charge on any atom is -0.410 e. The number of hydrogen-bond donors (Lipinski definition) is 0. The predicted molar refractivity (Wildman–Crippen MR) is 109 cm³/mol. The Kier molecular flexibility index (Phi) is 6.50. The molecule has 0 aromatic carbocycles. The van der Waals surface area contributed by atoms with Crippen LogP contribution in [-0.2, 0) is 4.79 Å². The zero-order chi connectivity index (χ0) is 18.5. The van der Waals surface area contributed by atoms with E-state index in [2.05, 4.69) is 15.1 Å². The van der Waals surface area contributed by atoms with Crippen molar-refractivity contribution in [2.24, 2.45) is 0 Å². The van der Waals surface area contributed by atoms with Crippen LogP contribution in [0.3, 0.4) is 0 Å². The standard InChI is InChI=1S/C20H27N3O2S2/c24-18(14-27-20-22-21-19(25-20)17-12-7-13-26-17)23(15-8-3-1-4-9-15)16-10-5-2-6-11-16/h7,12-13,15-16H,1-6,8-11,14H2. The van der Waals surface area contributed by atoms with E-state index in [0.717, 1.165) is 30.6 Å². The highest BCUT2D eigenvalue weighted by molar-refractivity contribution is 7.99. The minimum absolute atomic E-state index is 0.245. The third kappa shape index (κ3) is 4.74. The average molecular weight is 406 g/mol. The number of carbonyl (C=O) groups is 1. The van der Waals surface area contributed by atoms with Gasteiger partial charge in [0, 0.05) is 12.1 Å². The van der Waals surface area contributed by atoms with Crippen LogP contribution in [-0.4, -0.2) is 38.8 Å². The molecule has 2 aromatic heterocycles. The lowest BCUT2D eigenvalue weighted by Gasteiger charge is -2.41. The summed E-state index contributed by atoms with van der Waals surface area (Å²) < 4.78 is 5.73. The zero-order valence-electron chi connectivity index (χ0n) is 15.6. The second-order valence-corrected chi connectivity index (χ2v) is 9.40. The van der Waals surface area contributed by atoms with Crippen LogP contribution in [0.4, 0.5) is 0 Å². The van der Waals surface area contributed by atoms with Crippen molar-refractivity contribution < 1.29 is 9.21 Å². The summed E-state index contributed by atoms with van der Waals surface area (Å²) in [6.07, 6.45) is 12.3. The van der Waals surface area contributed by atoms with Crippen molar-refractivity contribution in [3.8, 4) is 10.8 Å². The molecule has 2 aromatic rings. The van der Waals surface area contributed by atoms with Gasteiger partial charge in [0.25, 0.3) is 11.1 Å². The fourth-order valence-electron chi connectivity index (χ4n) is 4.39. The molecule has 4 rings (SSSR count). The minimum atomic E-state index is 0.245. The van der Waals surface area contributed by atoms with Crippen LogP contribution in [0.15, 0.2) is 27.2 Å². The molecule has 0 aliphatic heterocycles. The summed E-state index contributed by atoms with van der Waals surface area (Å²) in [6.45, 7) is 0. The van der Waals surface area contributed by atoms with Gasteiger partial charge in [-0.25, -0.2) is 0 Å². The molecule has 0 spiro atoms. The van der Waals surface area contributed by atoms with Gasteiger partial charge in [-0.2, -0.15) is 0 Å². The van der Waals surface area contributed by atoms with E-state index in [0.29, 0.717) is 29.0 Å². The number of nitrogens with zero attached hydrogens (tertiary/aromatic N) is 3. The lowest BCUT2D eigenvalue weighted by molar-refractivity contribution is -0.135. The summed E-state index contributed by atoms with van der Waals surface area (Å²) in [7, 11) is 0. The summed E-state index contributed by atoms with van der Waals surface area (Å²) in [6, 6.07) is 4.79. The largest absolute Gasteiger partial charge is 0.410 e. The zero-order valence-corrected chi connectivity index (χ0v) is 17.3. The van der Waals surface area contributed by atoms with E-state index in [1.807, 2.05) is 17.5 Å². The highest BCUT2D eigenvalue weighted by Gasteiger charge is 2.32. The van der Waals surface area contributed by atoms with Crippen molar-refractivity contribution in [3.05, 3.63) is 17.5 Å². The highest BCUT2D eigenvalue weighted by atomic mass is 32.2. The van der Waals surface area contributed by atoms with E-state index < -0.39 is 0 Å². The summed E-state index contributed by atoms with van der Waals surface area (Å²) >= 11 is 2.95. The second kappa shape index (κ2) is 9.24. The first-order valence-electron chi connectivity index (χ1n) is 10.1. The van der Waals surface area contributed by atoms with Crippen LogP contribution in [0.1, 0.15) is 64.2 Å². The van der Waals surface area contributed by atoms with Crippen LogP contribution in [0.5, 0.6) is 0 Å². The molecule has 0 saturated heterocycles. The molecule has 0 atom stereocenters. The quantitative estimate of drug-likeness (QED) is 0.604. The smallest absolute Gasteiger partial charge is 0.277 e. The number of thiophene rings is 1. The first-order valence-corrected chi connectivity index (χ1v) is 12.0. The fourth-order valence-corrected chi connectivity index (χ4v) is 5.67. The molecule has 7 heteroatoms. The van der Waals surface area contributed by atoms with E-state index >= 15 is 0 Å². The Labute approximate surface area is 168 Å². The molecule has 1 amide bonds. The van der Waals surface area contributed by atoms with Crippen molar-refractivity contribution in [1.29, 1.82) is 0 Å². The van der Waals surface area contributed by atoms with Gasteiger partial charge < -0.3 is 9.32 Å². The Morgan fingerprint density at radius 1 is 1.07 bits per heavy atom. The van der Waals surface area contributed by atoms with Crippen LogP contribution in [0.2, 0.25) is 0 Å². The first-order chi connectivity index (χ1) is 13.3. The number of thioether (sulfide) groups is 1. The molecule has 0 radical (unpaired) electrons. The van der Waals surface area contributed by atoms with E-state index in [1.54, 1.807) is 11.3 Å². The molecule has 146 valence electrons. The van der Waals surface area contributed by atoms with Gasteiger partial charge in [0.15, 0.2) is 0 Å². The molecule has 0 N–H and O–H groups in total. The van der Waals surface area contributed by atoms with Gasteiger partial charge in [0.2, 0.25) is 5.91 Å². The topological polar surface area (TPSA) is 59.2 Å². The van der Waals surface area contributed by atoms with E-state index in [-0.39, 0.29) is 5.91 Å². The van der Waals surface area contributed by atoms with Crippen LogP contribution in [0.25, 0.3) is 10.8 Å². The molecule has 2 aliphatic rings. The molecule has 5 nitrogen and oxygen atoms in total. The predicted octanol–water partition coefficient (Wildman–Crippen LogP) is 5.38. The summed E-state index contributed by atoms with van der Waals surface area (Å²) in [5, 5.41) is 10.7. The van der Waals surface area contributed by atoms with Gasteiger partial charge in [0.05, 0.1) is 10.6 Å². The number of aromatic nitrogens is 2. The summed E-state index contributed by atoms with van der Waals surface area (Å²) in [4.78, 5) is 16.4. The highest BCUT2D eigenvalue weighted by Crippen LogP contribution is 2.32. The Morgan fingerprint density at radius 2 is 1.74 bits per heavy atom. The lowest BCUT2D eigenvalue weighted by atomic mass is 9.88. The van der Waals surface area contributed by atoms with Gasteiger partial charge in [-0.05, 0) is 37.1 Å². The fraction of sp³-hybridized carbons (Fsp3) is 0.650. The lowest BCUT2D eigenvalue weighted by Crippen LogP contribution is -2.49. The summed E-state index contributed by atoms with van der Waals surface area (Å²) in [5.74, 6) is 1.17. The number of hydrogen-bond acceptors (Lipinski definition) is 6. The van der Waals surface area contributed by atoms with Gasteiger partial charge in [0.1, 0.15) is 0 Å². The Morgan fingerprint density at radius 3 is 2.33 bits per heavy atom. The Bertz CT molecular complexity index is 701. The van der Waals surface area contributed by atoms with Crippen LogP contribution in [0, 0.1) is 0 Å². The van der Waals surface area contributed by atoms with Crippen LogP contribution >= 0.6 is 23.1 Å². The first kappa shape index (κ1) is 19.0. The van der Waals surface area contributed by atoms with Crippen molar-refractivity contribution in [2.45, 2.75) is 81.5 Å². The second-order valence-electron chi connectivity index (χ2n) is 7.52. The molecular weight excluding hydrogens is 378 g/mol. The molecule has 2 saturated carbocycles. The Hall–Kier alpha value is -1.34. The molecular formula is C20H27N3O2S2. The maximum Gasteiger partial charge on any atom is 0.277 e. The molecule has 2 heterocycles. The van der Waals surface area contributed by atoms with E-state index in [4.69, 9.17) is 4.42 Å². The maximum atomic E-state index is 13.2. The van der Waals surface area contributed by atoms with Crippen molar-refractivity contribution in [1.82, 2.24) is 15.1 Å². The SMILES string of the molecule is O=C(CSc1nnc(-c2cccs2)o1)N(C1CCCCC1)C1CCCCC1. The van der Waals surface area contributed by atoms with Crippen molar-refractivity contribution in [3.63, 3.8) is 0 Å². The molecule has 0 unspecified atom stereocenters. The third-order valence-corrected chi connectivity index (χ3v) is 7.34. The number of amides is 1. The number of carbonyl (C=O) groups excluding carboxylic acids is 1. The molecule has 0 bridgehead atoms. The Balaban J connectivity index is 1.40.